The average Bonchev–Trinajstić information content (AvgIpc) is 2.52. The van der Waals surface area contributed by atoms with Crippen LogP contribution >= 0.6 is 0 Å². The third-order valence-electron chi connectivity index (χ3n) is 3.75. The van der Waals surface area contributed by atoms with Gasteiger partial charge < -0.3 is 19.7 Å². The van der Waals surface area contributed by atoms with Gasteiger partial charge in [0.15, 0.2) is 0 Å². The fourth-order valence-electron chi connectivity index (χ4n) is 2.68. The van der Waals surface area contributed by atoms with Crippen LogP contribution in [0.4, 0.5) is 5.69 Å². The van der Waals surface area contributed by atoms with E-state index in [1.54, 1.807) is 14.2 Å². The molecule has 1 aromatic rings. The molecule has 0 aliphatic carbocycles. The summed E-state index contributed by atoms with van der Waals surface area (Å²) in [7, 11) is 3.39. The Kier molecular flexibility index (Phi) is 6.08. The molecule has 2 rings (SSSR count). The third-order valence-corrected chi connectivity index (χ3v) is 3.75. The maximum Gasteiger partial charge on any atom is 0.214 e. The molecule has 1 fully saturated rings. The van der Waals surface area contributed by atoms with Crippen molar-refractivity contribution in [1.29, 1.82) is 0 Å². The summed E-state index contributed by atoms with van der Waals surface area (Å²) in [6.45, 7) is 3.76. The molecular weight excluding hydrogens is 254 g/mol. The normalized spacial score (nSPS) is 19.1. The monoisotopic (exact) mass is 279 g/mol. The van der Waals surface area contributed by atoms with Crippen LogP contribution in [0.3, 0.4) is 0 Å². The number of rotatable bonds is 7. The number of anilines is 1. The van der Waals surface area contributed by atoms with Gasteiger partial charge in [-0.25, -0.2) is 4.98 Å². The molecule has 1 saturated heterocycles. The molecule has 0 radical (unpaired) electrons. The van der Waals surface area contributed by atoms with Crippen LogP contribution < -0.4 is 15.0 Å². The highest BCUT2D eigenvalue weighted by Gasteiger charge is 2.22. The van der Waals surface area contributed by atoms with E-state index in [2.05, 4.69) is 21.3 Å². The van der Waals surface area contributed by atoms with E-state index >= 15 is 0 Å². The molecule has 0 bridgehead atoms. The Morgan fingerprint density at radius 1 is 1.40 bits per heavy atom. The number of nitrogens with zero attached hydrogens (tertiary/aromatic N) is 2. The summed E-state index contributed by atoms with van der Waals surface area (Å²) in [6, 6.07) is 4.62. The Labute approximate surface area is 121 Å². The molecule has 0 amide bonds. The zero-order chi connectivity index (χ0) is 14.2. The van der Waals surface area contributed by atoms with E-state index in [1.807, 2.05) is 12.3 Å². The molecule has 1 unspecified atom stereocenters. The number of pyridine rings is 1. The van der Waals surface area contributed by atoms with Crippen LogP contribution in [0.2, 0.25) is 0 Å². The fraction of sp³-hybridized carbons (Fsp3) is 0.667. The van der Waals surface area contributed by atoms with E-state index in [0.717, 1.165) is 26.2 Å². The van der Waals surface area contributed by atoms with Gasteiger partial charge in [-0.05, 0) is 25.3 Å². The zero-order valence-electron chi connectivity index (χ0n) is 12.5. The number of hydrogen-bond acceptors (Lipinski definition) is 5. The molecule has 5 nitrogen and oxygen atoms in total. The van der Waals surface area contributed by atoms with Crippen molar-refractivity contribution < 1.29 is 9.47 Å². The first-order valence-electron chi connectivity index (χ1n) is 7.31. The van der Waals surface area contributed by atoms with Gasteiger partial charge in [-0.2, -0.15) is 0 Å². The van der Waals surface area contributed by atoms with E-state index in [-0.39, 0.29) is 0 Å². The Morgan fingerprint density at radius 3 is 3.10 bits per heavy atom. The van der Waals surface area contributed by atoms with Gasteiger partial charge in [0.05, 0.1) is 13.7 Å². The van der Waals surface area contributed by atoms with Crippen molar-refractivity contribution in [3.05, 3.63) is 18.3 Å². The molecule has 5 heteroatoms. The molecule has 1 aromatic heterocycles. The van der Waals surface area contributed by atoms with E-state index < -0.39 is 0 Å². The van der Waals surface area contributed by atoms with Gasteiger partial charge in [0.25, 0.3) is 0 Å². The summed E-state index contributed by atoms with van der Waals surface area (Å²) in [5, 5.41) is 3.47. The van der Waals surface area contributed by atoms with E-state index in [1.165, 1.54) is 24.9 Å². The number of ether oxygens (including phenoxy) is 2. The average molecular weight is 279 g/mol. The van der Waals surface area contributed by atoms with Crippen LogP contribution in [0, 0.1) is 0 Å². The van der Waals surface area contributed by atoms with Gasteiger partial charge in [-0.3, -0.25) is 0 Å². The zero-order valence-corrected chi connectivity index (χ0v) is 12.5. The van der Waals surface area contributed by atoms with Gasteiger partial charge in [-0.15, -0.1) is 0 Å². The largest absolute Gasteiger partial charge is 0.481 e. The van der Waals surface area contributed by atoms with Crippen molar-refractivity contribution in [2.45, 2.75) is 25.3 Å². The topological polar surface area (TPSA) is 46.6 Å². The van der Waals surface area contributed by atoms with Gasteiger partial charge in [0.2, 0.25) is 5.88 Å². The Balaban J connectivity index is 1.98. The van der Waals surface area contributed by atoms with E-state index in [9.17, 15) is 0 Å². The molecule has 0 spiro atoms. The summed E-state index contributed by atoms with van der Waals surface area (Å²) < 4.78 is 10.3. The lowest BCUT2D eigenvalue weighted by molar-refractivity contribution is 0.198. The van der Waals surface area contributed by atoms with Crippen molar-refractivity contribution in [3.63, 3.8) is 0 Å². The van der Waals surface area contributed by atoms with Crippen molar-refractivity contribution >= 4 is 5.69 Å². The molecule has 0 saturated carbocycles. The van der Waals surface area contributed by atoms with Gasteiger partial charge >= 0.3 is 0 Å². The second kappa shape index (κ2) is 8.07. The summed E-state index contributed by atoms with van der Waals surface area (Å²) in [4.78, 5) is 6.65. The summed E-state index contributed by atoms with van der Waals surface area (Å²) >= 11 is 0. The molecule has 20 heavy (non-hydrogen) atoms. The Hall–Kier alpha value is -1.33. The van der Waals surface area contributed by atoms with Crippen LogP contribution in [0.1, 0.15) is 19.3 Å². The van der Waals surface area contributed by atoms with Crippen molar-refractivity contribution in [3.8, 4) is 5.88 Å². The highest BCUT2D eigenvalue weighted by atomic mass is 16.5. The lowest BCUT2D eigenvalue weighted by Gasteiger charge is -2.37. The van der Waals surface area contributed by atoms with E-state index in [4.69, 9.17) is 9.47 Å². The molecule has 1 aliphatic heterocycles. The minimum Gasteiger partial charge on any atom is -0.481 e. The molecule has 1 atom stereocenters. The fourth-order valence-corrected chi connectivity index (χ4v) is 2.68. The lowest BCUT2D eigenvalue weighted by Crippen LogP contribution is -2.46. The maximum absolute atomic E-state index is 5.22. The summed E-state index contributed by atoms with van der Waals surface area (Å²) in [5.41, 5.74) is 1.20. The molecule has 1 N–H and O–H groups in total. The van der Waals surface area contributed by atoms with Crippen molar-refractivity contribution in [2.75, 3.05) is 45.4 Å². The van der Waals surface area contributed by atoms with Crippen molar-refractivity contribution in [1.82, 2.24) is 10.3 Å². The van der Waals surface area contributed by atoms with E-state index in [0.29, 0.717) is 11.9 Å². The number of aromatic nitrogens is 1. The summed E-state index contributed by atoms with van der Waals surface area (Å²) in [5.74, 6) is 0.680. The molecule has 0 aromatic carbocycles. The number of nitrogens with one attached hydrogen (secondary N) is 1. The summed E-state index contributed by atoms with van der Waals surface area (Å²) in [6.07, 6.45) is 5.59. The minimum atomic E-state index is 0.535. The molecule has 1 aliphatic rings. The highest BCUT2D eigenvalue weighted by molar-refractivity contribution is 5.49. The highest BCUT2D eigenvalue weighted by Crippen LogP contribution is 2.26. The number of piperidine rings is 1. The van der Waals surface area contributed by atoms with Crippen molar-refractivity contribution in [2.24, 2.45) is 0 Å². The molecule has 2 heterocycles. The first-order valence-corrected chi connectivity index (χ1v) is 7.31. The third kappa shape index (κ3) is 4.08. The lowest BCUT2D eigenvalue weighted by atomic mass is 10.0. The number of methoxy groups -OCH3 is 2. The Bertz CT molecular complexity index is 400. The van der Waals surface area contributed by atoms with Crippen LogP contribution in [-0.2, 0) is 4.74 Å². The Morgan fingerprint density at radius 2 is 2.30 bits per heavy atom. The minimum absolute atomic E-state index is 0.535. The van der Waals surface area contributed by atoms with Gasteiger partial charge in [0.1, 0.15) is 0 Å². The van der Waals surface area contributed by atoms with Crippen LogP contribution in [0.15, 0.2) is 18.3 Å². The van der Waals surface area contributed by atoms with Gasteiger partial charge in [-0.1, -0.05) is 0 Å². The first kappa shape index (κ1) is 15.1. The smallest absolute Gasteiger partial charge is 0.214 e. The predicted molar refractivity (Wildman–Crippen MR) is 80.5 cm³/mol. The molecule has 112 valence electrons. The maximum atomic E-state index is 5.22. The second-order valence-corrected chi connectivity index (χ2v) is 5.10. The second-order valence-electron chi connectivity index (χ2n) is 5.10. The SMILES string of the molecule is COCCNCC1CCCCN1c1ccnc(OC)c1. The quantitative estimate of drug-likeness (QED) is 0.770. The van der Waals surface area contributed by atoms with Crippen LogP contribution in [-0.4, -0.2) is 51.5 Å². The van der Waals surface area contributed by atoms with Gasteiger partial charge in [0, 0.05) is 50.7 Å². The molecular formula is C15H25N3O2. The van der Waals surface area contributed by atoms with Crippen LogP contribution in [0.5, 0.6) is 5.88 Å². The number of hydrogen-bond donors (Lipinski definition) is 1. The predicted octanol–water partition coefficient (Wildman–Crippen LogP) is 1.69. The first-order chi connectivity index (χ1) is 9.85. The standard InChI is InChI=1S/C15H25N3O2/c1-19-10-8-16-12-14-5-3-4-9-18(14)13-6-7-17-15(11-13)20-2/h6-7,11,14,16H,3-5,8-10,12H2,1-2H3. The van der Waals surface area contributed by atoms with Crippen LogP contribution in [0.25, 0.3) is 0 Å².